The van der Waals surface area contributed by atoms with Gasteiger partial charge >= 0.3 is 0 Å². The molecule has 0 amide bonds. The maximum absolute atomic E-state index is 9.01. The van der Waals surface area contributed by atoms with Crippen molar-refractivity contribution >= 4 is 28.3 Å². The zero-order valence-corrected chi connectivity index (χ0v) is 11.7. The van der Waals surface area contributed by atoms with Gasteiger partial charge in [-0.3, -0.25) is 0 Å². The minimum Gasteiger partial charge on any atom is -0.396 e. The number of aromatic nitrogens is 2. The van der Waals surface area contributed by atoms with Crippen LogP contribution < -0.4 is 5.32 Å². The largest absolute Gasteiger partial charge is 0.396 e. The van der Waals surface area contributed by atoms with Gasteiger partial charge in [-0.15, -0.1) is 0 Å². The van der Waals surface area contributed by atoms with Crippen LogP contribution in [0.15, 0.2) is 24.3 Å². The average Bonchev–Trinajstić information content (AvgIpc) is 2.43. The number of aliphatic hydroxyl groups is 1. The number of hydrogen-bond acceptors (Lipinski definition) is 4. The normalized spacial score (nSPS) is 12.6. The Morgan fingerprint density at radius 2 is 2.11 bits per heavy atom. The van der Waals surface area contributed by atoms with Crippen LogP contribution in [-0.2, 0) is 0 Å². The molecule has 1 heterocycles. The minimum atomic E-state index is 0.214. The van der Waals surface area contributed by atoms with E-state index in [0.717, 1.165) is 36.1 Å². The van der Waals surface area contributed by atoms with Gasteiger partial charge in [-0.05, 0) is 36.1 Å². The van der Waals surface area contributed by atoms with Gasteiger partial charge in [0.25, 0.3) is 0 Å². The van der Waals surface area contributed by atoms with Crippen molar-refractivity contribution in [3.63, 3.8) is 0 Å². The molecule has 4 nitrogen and oxygen atoms in total. The maximum atomic E-state index is 9.01. The molecule has 102 valence electrons. The fourth-order valence-corrected chi connectivity index (χ4v) is 2.23. The number of aliphatic hydroxyl groups excluding tert-OH is 1. The molecule has 1 unspecified atom stereocenters. The summed E-state index contributed by atoms with van der Waals surface area (Å²) in [5.41, 5.74) is 0.834. The van der Waals surface area contributed by atoms with E-state index in [1.807, 2.05) is 24.3 Å². The Kier molecular flexibility index (Phi) is 4.93. The predicted molar refractivity (Wildman–Crippen MR) is 78.5 cm³/mol. The van der Waals surface area contributed by atoms with E-state index < -0.39 is 0 Å². The molecule has 0 aliphatic heterocycles. The zero-order chi connectivity index (χ0) is 13.7. The molecule has 0 radical (unpaired) electrons. The summed E-state index contributed by atoms with van der Waals surface area (Å²) in [7, 11) is 0. The summed E-state index contributed by atoms with van der Waals surface area (Å²) in [6.07, 6.45) is 1.81. The van der Waals surface area contributed by atoms with Gasteiger partial charge < -0.3 is 10.4 Å². The number of nitrogens with zero attached hydrogens (tertiary/aromatic N) is 2. The van der Waals surface area contributed by atoms with Crippen LogP contribution in [-0.4, -0.2) is 28.2 Å². The van der Waals surface area contributed by atoms with Crippen molar-refractivity contribution < 1.29 is 5.11 Å². The Morgan fingerprint density at radius 3 is 2.84 bits per heavy atom. The first-order chi connectivity index (χ1) is 9.24. The van der Waals surface area contributed by atoms with Crippen LogP contribution in [0.5, 0.6) is 0 Å². The van der Waals surface area contributed by atoms with E-state index in [9.17, 15) is 0 Å². The van der Waals surface area contributed by atoms with Crippen LogP contribution in [0.4, 0.5) is 5.82 Å². The molecule has 0 spiro atoms. The summed E-state index contributed by atoms with van der Waals surface area (Å²) < 4.78 is 0. The molecule has 19 heavy (non-hydrogen) atoms. The highest BCUT2D eigenvalue weighted by molar-refractivity contribution is 6.28. The molecule has 2 N–H and O–H groups in total. The molecule has 0 fully saturated rings. The quantitative estimate of drug-likeness (QED) is 0.798. The molecule has 0 saturated carbocycles. The molecule has 0 aliphatic rings. The number of para-hydroxylation sites is 1. The van der Waals surface area contributed by atoms with Crippen molar-refractivity contribution in [3.8, 4) is 0 Å². The number of benzene rings is 1. The van der Waals surface area contributed by atoms with E-state index in [4.69, 9.17) is 16.7 Å². The summed E-state index contributed by atoms with van der Waals surface area (Å²) in [6, 6.07) is 7.77. The number of rotatable bonds is 6. The van der Waals surface area contributed by atoms with Crippen molar-refractivity contribution in [1.82, 2.24) is 9.97 Å². The van der Waals surface area contributed by atoms with Gasteiger partial charge in [0.05, 0.1) is 5.52 Å². The Balaban J connectivity index is 2.20. The fraction of sp³-hybridized carbons (Fsp3) is 0.429. The monoisotopic (exact) mass is 279 g/mol. The van der Waals surface area contributed by atoms with E-state index in [2.05, 4.69) is 22.2 Å². The number of halogens is 1. The average molecular weight is 280 g/mol. The molecule has 2 aromatic rings. The second-order valence-corrected chi connectivity index (χ2v) is 4.86. The van der Waals surface area contributed by atoms with Gasteiger partial charge in [-0.1, -0.05) is 25.5 Å². The zero-order valence-electron chi connectivity index (χ0n) is 10.9. The summed E-state index contributed by atoms with van der Waals surface area (Å²) in [4.78, 5) is 8.44. The third kappa shape index (κ3) is 3.55. The first-order valence-electron chi connectivity index (χ1n) is 6.51. The molecule has 0 aliphatic carbocycles. The van der Waals surface area contributed by atoms with Gasteiger partial charge in [0, 0.05) is 18.5 Å². The SMILES string of the molecule is CCC(CCO)CNc1nc(Cl)nc2ccccc12. The standard InChI is InChI=1S/C14H18ClN3O/c1-2-10(7-8-19)9-16-13-11-5-3-4-6-12(11)17-14(15)18-13/h3-6,10,19H,2,7-9H2,1H3,(H,16,17,18). The van der Waals surface area contributed by atoms with Crippen LogP contribution in [0, 0.1) is 5.92 Å². The molecular weight excluding hydrogens is 262 g/mol. The molecule has 1 aromatic carbocycles. The van der Waals surface area contributed by atoms with Crippen molar-refractivity contribution in [2.24, 2.45) is 5.92 Å². The number of hydrogen-bond donors (Lipinski definition) is 2. The van der Waals surface area contributed by atoms with Crippen molar-refractivity contribution in [2.45, 2.75) is 19.8 Å². The minimum absolute atomic E-state index is 0.214. The Labute approximate surface area is 117 Å². The second-order valence-electron chi connectivity index (χ2n) is 4.53. The highest BCUT2D eigenvalue weighted by Gasteiger charge is 2.09. The number of nitrogens with one attached hydrogen (secondary N) is 1. The third-order valence-electron chi connectivity index (χ3n) is 3.25. The number of fused-ring (bicyclic) bond motifs is 1. The highest BCUT2D eigenvalue weighted by Crippen LogP contribution is 2.22. The first kappa shape index (κ1) is 14.0. The fourth-order valence-electron chi connectivity index (χ4n) is 2.06. The molecule has 1 atom stereocenters. The van der Waals surface area contributed by atoms with Crippen LogP contribution in [0.25, 0.3) is 10.9 Å². The Bertz CT molecular complexity index is 547. The molecule has 2 rings (SSSR count). The smallest absolute Gasteiger partial charge is 0.224 e. The van der Waals surface area contributed by atoms with Gasteiger partial charge in [0.15, 0.2) is 0 Å². The Hall–Kier alpha value is -1.39. The topological polar surface area (TPSA) is 58.0 Å². The van der Waals surface area contributed by atoms with Gasteiger partial charge in [-0.25, -0.2) is 9.97 Å². The lowest BCUT2D eigenvalue weighted by Crippen LogP contribution is -2.16. The van der Waals surface area contributed by atoms with E-state index in [1.165, 1.54) is 0 Å². The van der Waals surface area contributed by atoms with Crippen LogP contribution in [0.3, 0.4) is 0 Å². The third-order valence-corrected chi connectivity index (χ3v) is 3.42. The molecule has 5 heteroatoms. The van der Waals surface area contributed by atoms with E-state index in [1.54, 1.807) is 0 Å². The summed E-state index contributed by atoms with van der Waals surface area (Å²) in [5.74, 6) is 1.18. The second kappa shape index (κ2) is 6.68. The predicted octanol–water partition coefficient (Wildman–Crippen LogP) is 3.10. The lowest BCUT2D eigenvalue weighted by molar-refractivity contribution is 0.258. The lowest BCUT2D eigenvalue weighted by Gasteiger charge is -2.15. The summed E-state index contributed by atoms with van der Waals surface area (Å²) >= 11 is 5.93. The van der Waals surface area contributed by atoms with Crippen molar-refractivity contribution in [3.05, 3.63) is 29.5 Å². The lowest BCUT2D eigenvalue weighted by atomic mass is 10.0. The summed E-state index contributed by atoms with van der Waals surface area (Å²) in [5, 5.41) is 13.5. The van der Waals surface area contributed by atoms with E-state index in [0.29, 0.717) is 5.92 Å². The van der Waals surface area contributed by atoms with Crippen molar-refractivity contribution in [2.75, 3.05) is 18.5 Å². The van der Waals surface area contributed by atoms with Gasteiger partial charge in [-0.2, -0.15) is 0 Å². The maximum Gasteiger partial charge on any atom is 0.224 e. The molecule has 0 saturated heterocycles. The van der Waals surface area contributed by atoms with Crippen LogP contribution in [0.1, 0.15) is 19.8 Å². The van der Waals surface area contributed by atoms with E-state index >= 15 is 0 Å². The first-order valence-corrected chi connectivity index (χ1v) is 6.89. The summed E-state index contributed by atoms with van der Waals surface area (Å²) in [6.45, 7) is 3.10. The van der Waals surface area contributed by atoms with Gasteiger partial charge in [0.1, 0.15) is 5.82 Å². The van der Waals surface area contributed by atoms with Gasteiger partial charge in [0.2, 0.25) is 5.28 Å². The Morgan fingerprint density at radius 1 is 1.32 bits per heavy atom. The number of anilines is 1. The molecule has 1 aromatic heterocycles. The van der Waals surface area contributed by atoms with E-state index in [-0.39, 0.29) is 11.9 Å². The highest BCUT2D eigenvalue weighted by atomic mass is 35.5. The molecular formula is C14H18ClN3O. The van der Waals surface area contributed by atoms with Crippen LogP contribution in [0.2, 0.25) is 5.28 Å². The van der Waals surface area contributed by atoms with Crippen molar-refractivity contribution in [1.29, 1.82) is 0 Å². The van der Waals surface area contributed by atoms with Crippen LogP contribution >= 0.6 is 11.6 Å². The molecule has 0 bridgehead atoms.